The van der Waals surface area contributed by atoms with Gasteiger partial charge in [0, 0.05) is 10.5 Å². The Morgan fingerprint density at radius 2 is 2.25 bits per heavy atom. The lowest BCUT2D eigenvalue weighted by molar-refractivity contribution is 0.453. The highest BCUT2D eigenvalue weighted by atomic mass is 32.2. The molecule has 16 heavy (non-hydrogen) atoms. The van der Waals surface area contributed by atoms with Crippen molar-refractivity contribution in [2.45, 2.75) is 57.0 Å². The topological polar surface area (TPSA) is 0 Å². The van der Waals surface area contributed by atoms with Crippen LogP contribution in [-0.2, 0) is 0 Å². The molecule has 0 aromatic rings. The Morgan fingerprint density at radius 1 is 1.44 bits per heavy atom. The molecule has 0 amide bonds. The SMILES string of the molecule is CC(C)=CCC[C@@H](C)CC1SC2C=CC1C2. The Hall–Kier alpha value is -0.170. The van der Waals surface area contributed by atoms with Crippen molar-refractivity contribution in [2.24, 2.45) is 11.8 Å². The molecule has 0 aromatic heterocycles. The molecule has 4 atom stereocenters. The van der Waals surface area contributed by atoms with E-state index in [0.29, 0.717) is 0 Å². The van der Waals surface area contributed by atoms with Crippen molar-refractivity contribution < 1.29 is 0 Å². The second-order valence-electron chi connectivity index (χ2n) is 5.70. The first-order valence-electron chi connectivity index (χ1n) is 6.62. The molecule has 0 N–H and O–H groups in total. The summed E-state index contributed by atoms with van der Waals surface area (Å²) in [5.74, 6) is 1.79. The minimum absolute atomic E-state index is 0.861. The molecule has 2 rings (SSSR count). The van der Waals surface area contributed by atoms with Gasteiger partial charge in [-0.1, -0.05) is 30.7 Å². The Balaban J connectivity index is 1.70. The van der Waals surface area contributed by atoms with Crippen molar-refractivity contribution in [1.29, 1.82) is 0 Å². The van der Waals surface area contributed by atoms with Gasteiger partial charge in [-0.05, 0) is 51.4 Å². The van der Waals surface area contributed by atoms with Crippen LogP contribution < -0.4 is 0 Å². The molecule has 0 radical (unpaired) electrons. The zero-order chi connectivity index (χ0) is 11.5. The minimum Gasteiger partial charge on any atom is -0.150 e. The second kappa shape index (κ2) is 5.44. The van der Waals surface area contributed by atoms with Crippen LogP contribution in [-0.4, -0.2) is 10.5 Å². The van der Waals surface area contributed by atoms with E-state index in [0.717, 1.165) is 22.3 Å². The van der Waals surface area contributed by atoms with E-state index in [1.165, 1.54) is 31.3 Å². The molecule has 0 aromatic carbocycles. The summed E-state index contributed by atoms with van der Waals surface area (Å²) >= 11 is 2.23. The molecule has 0 saturated carbocycles. The molecule has 90 valence electrons. The van der Waals surface area contributed by atoms with Crippen LogP contribution in [0, 0.1) is 11.8 Å². The van der Waals surface area contributed by atoms with E-state index < -0.39 is 0 Å². The van der Waals surface area contributed by atoms with Crippen LogP contribution in [0.2, 0.25) is 0 Å². The molecule has 0 spiro atoms. The lowest BCUT2D eigenvalue weighted by Crippen LogP contribution is -2.13. The maximum absolute atomic E-state index is 2.47. The predicted octanol–water partition coefficient (Wildman–Crippen LogP) is 4.82. The second-order valence-corrected chi connectivity index (χ2v) is 7.18. The zero-order valence-electron chi connectivity index (χ0n) is 10.8. The summed E-state index contributed by atoms with van der Waals surface area (Å²) in [5, 5.41) is 1.79. The summed E-state index contributed by atoms with van der Waals surface area (Å²) in [5.41, 5.74) is 1.46. The predicted molar refractivity (Wildman–Crippen MR) is 74.9 cm³/mol. The van der Waals surface area contributed by atoms with Crippen LogP contribution >= 0.6 is 11.8 Å². The van der Waals surface area contributed by atoms with Gasteiger partial charge in [0.25, 0.3) is 0 Å². The smallest absolute Gasteiger partial charge is 0.0236 e. The van der Waals surface area contributed by atoms with Crippen molar-refractivity contribution in [1.82, 2.24) is 0 Å². The summed E-state index contributed by atoms with van der Waals surface area (Å²) in [6, 6.07) is 0. The highest BCUT2D eigenvalue weighted by Crippen LogP contribution is 2.47. The van der Waals surface area contributed by atoms with Gasteiger partial charge in [0.15, 0.2) is 0 Å². The van der Waals surface area contributed by atoms with Gasteiger partial charge in [0.05, 0.1) is 0 Å². The average Bonchev–Trinajstić information content (AvgIpc) is 2.78. The van der Waals surface area contributed by atoms with Gasteiger partial charge in [0.2, 0.25) is 0 Å². The van der Waals surface area contributed by atoms with E-state index in [-0.39, 0.29) is 0 Å². The van der Waals surface area contributed by atoms with Crippen molar-refractivity contribution in [3.63, 3.8) is 0 Å². The first-order chi connectivity index (χ1) is 7.65. The standard InChI is InChI=1S/C15H24S/c1-11(2)5-4-6-12(3)9-15-13-7-8-14(10-13)16-15/h5,7-8,12-15H,4,6,9-10H2,1-3H3/t12-,13?,14?,15?/m1/s1. The van der Waals surface area contributed by atoms with Gasteiger partial charge in [-0.3, -0.25) is 0 Å². The van der Waals surface area contributed by atoms with Crippen LogP contribution in [0.5, 0.6) is 0 Å². The molecule has 2 aliphatic rings. The molecule has 1 aliphatic carbocycles. The summed E-state index contributed by atoms with van der Waals surface area (Å²) in [6.07, 6.45) is 12.7. The van der Waals surface area contributed by atoms with E-state index in [1.807, 2.05) is 0 Å². The van der Waals surface area contributed by atoms with Gasteiger partial charge >= 0.3 is 0 Å². The zero-order valence-corrected chi connectivity index (χ0v) is 11.6. The summed E-state index contributed by atoms with van der Waals surface area (Å²) in [6.45, 7) is 6.82. The lowest BCUT2D eigenvalue weighted by atomic mass is 9.93. The fourth-order valence-electron chi connectivity index (χ4n) is 2.80. The lowest BCUT2D eigenvalue weighted by Gasteiger charge is -2.21. The van der Waals surface area contributed by atoms with Crippen LogP contribution in [0.4, 0.5) is 0 Å². The summed E-state index contributed by atoms with van der Waals surface area (Å²) < 4.78 is 0. The van der Waals surface area contributed by atoms with Gasteiger partial charge in [-0.2, -0.15) is 11.8 Å². The van der Waals surface area contributed by atoms with Gasteiger partial charge in [-0.15, -0.1) is 0 Å². The van der Waals surface area contributed by atoms with Crippen LogP contribution in [0.25, 0.3) is 0 Å². The molecule has 1 saturated heterocycles. The van der Waals surface area contributed by atoms with Crippen LogP contribution in [0.3, 0.4) is 0 Å². The van der Waals surface area contributed by atoms with Gasteiger partial charge in [-0.25, -0.2) is 0 Å². The average molecular weight is 236 g/mol. The number of hydrogen-bond donors (Lipinski definition) is 0. The number of thioether (sulfide) groups is 1. The highest BCUT2D eigenvalue weighted by Gasteiger charge is 2.36. The molecule has 1 fully saturated rings. The summed E-state index contributed by atoms with van der Waals surface area (Å²) in [4.78, 5) is 0. The maximum Gasteiger partial charge on any atom is 0.0236 e. The van der Waals surface area contributed by atoms with Gasteiger partial charge < -0.3 is 0 Å². The quantitative estimate of drug-likeness (QED) is 0.617. The fraction of sp³-hybridized carbons (Fsp3) is 0.733. The number of hydrogen-bond acceptors (Lipinski definition) is 1. The molecule has 0 nitrogen and oxygen atoms in total. The third-order valence-corrected chi connectivity index (χ3v) is 5.34. The van der Waals surface area contributed by atoms with Crippen molar-refractivity contribution in [2.75, 3.05) is 0 Å². The Kier molecular flexibility index (Phi) is 4.18. The third kappa shape index (κ3) is 3.16. The van der Waals surface area contributed by atoms with E-state index in [4.69, 9.17) is 0 Å². The Bertz CT molecular complexity index is 286. The van der Waals surface area contributed by atoms with E-state index in [2.05, 4.69) is 50.8 Å². The van der Waals surface area contributed by atoms with Crippen LogP contribution in [0.15, 0.2) is 23.8 Å². The van der Waals surface area contributed by atoms with Crippen molar-refractivity contribution in [3.05, 3.63) is 23.8 Å². The number of rotatable bonds is 5. The van der Waals surface area contributed by atoms with Crippen molar-refractivity contribution in [3.8, 4) is 0 Å². The first-order valence-corrected chi connectivity index (χ1v) is 7.56. The molecule has 1 aliphatic heterocycles. The highest BCUT2D eigenvalue weighted by molar-refractivity contribution is 8.01. The first kappa shape index (κ1) is 12.3. The van der Waals surface area contributed by atoms with Crippen LogP contribution in [0.1, 0.15) is 46.5 Å². The number of allylic oxidation sites excluding steroid dienone is 3. The summed E-state index contributed by atoms with van der Waals surface area (Å²) in [7, 11) is 0. The Morgan fingerprint density at radius 3 is 2.81 bits per heavy atom. The largest absolute Gasteiger partial charge is 0.150 e. The van der Waals surface area contributed by atoms with E-state index >= 15 is 0 Å². The minimum atomic E-state index is 0.861. The molecule has 1 heteroatoms. The van der Waals surface area contributed by atoms with E-state index in [9.17, 15) is 0 Å². The number of fused-ring (bicyclic) bond motifs is 2. The normalized spacial score (nSPS) is 33.1. The van der Waals surface area contributed by atoms with Crippen molar-refractivity contribution >= 4 is 11.8 Å². The molecule has 2 bridgehead atoms. The van der Waals surface area contributed by atoms with E-state index in [1.54, 1.807) is 0 Å². The van der Waals surface area contributed by atoms with Gasteiger partial charge in [0.1, 0.15) is 0 Å². The molecule has 1 heterocycles. The monoisotopic (exact) mass is 236 g/mol. The molecule has 3 unspecified atom stereocenters. The fourth-order valence-corrected chi connectivity index (χ4v) is 4.60. The Labute approximate surface area is 105 Å². The third-order valence-electron chi connectivity index (χ3n) is 3.75. The molecular weight excluding hydrogens is 212 g/mol. The molecular formula is C15H24S. The maximum atomic E-state index is 2.47.